The maximum atomic E-state index is 12.1. The van der Waals surface area contributed by atoms with Crippen LogP contribution in [0.4, 0.5) is 0 Å². The molecule has 1 aromatic carbocycles. The molecule has 0 fully saturated rings. The number of aryl methyl sites for hydroxylation is 1. The van der Waals surface area contributed by atoms with Gasteiger partial charge in [-0.3, -0.25) is 14.6 Å². The van der Waals surface area contributed by atoms with Gasteiger partial charge in [-0.25, -0.2) is 4.98 Å². The number of amides is 2. The molecule has 0 saturated carbocycles. The molecule has 7 nitrogen and oxygen atoms in total. The van der Waals surface area contributed by atoms with Crippen molar-refractivity contribution in [2.45, 2.75) is 26.3 Å². The first kappa shape index (κ1) is 17.6. The molecule has 3 N–H and O–H groups in total. The molecule has 0 spiro atoms. The van der Waals surface area contributed by atoms with E-state index in [0.29, 0.717) is 31.5 Å². The van der Waals surface area contributed by atoms with Crippen LogP contribution in [0.3, 0.4) is 0 Å². The molecule has 3 rings (SSSR count). The molecule has 2 amide bonds. The predicted molar refractivity (Wildman–Crippen MR) is 98.5 cm³/mol. The number of hydrogen-bond acceptors (Lipinski definition) is 4. The van der Waals surface area contributed by atoms with Crippen molar-refractivity contribution in [1.82, 2.24) is 25.6 Å². The fourth-order valence-corrected chi connectivity index (χ4v) is 2.63. The minimum Gasteiger partial charge on any atom is -0.352 e. The monoisotopic (exact) mass is 351 g/mol. The molecule has 0 saturated heterocycles. The van der Waals surface area contributed by atoms with E-state index in [0.717, 1.165) is 22.4 Å². The van der Waals surface area contributed by atoms with Gasteiger partial charge in [0, 0.05) is 37.7 Å². The van der Waals surface area contributed by atoms with Gasteiger partial charge in [0.05, 0.1) is 17.2 Å². The van der Waals surface area contributed by atoms with E-state index in [4.69, 9.17) is 0 Å². The average molecular weight is 351 g/mol. The maximum Gasteiger partial charge on any atom is 0.251 e. The Balaban J connectivity index is 1.51. The molecule has 2 heterocycles. The van der Waals surface area contributed by atoms with Crippen LogP contribution < -0.4 is 10.6 Å². The average Bonchev–Trinajstić information content (AvgIpc) is 3.08. The highest BCUT2D eigenvalue weighted by Crippen LogP contribution is 2.10. The number of carbonyl (C=O) groups is 2. The van der Waals surface area contributed by atoms with Crippen molar-refractivity contribution < 1.29 is 9.59 Å². The summed E-state index contributed by atoms with van der Waals surface area (Å²) in [6.45, 7) is 2.84. The smallest absolute Gasteiger partial charge is 0.251 e. The zero-order chi connectivity index (χ0) is 18.4. The van der Waals surface area contributed by atoms with Gasteiger partial charge < -0.3 is 15.6 Å². The standard InChI is InChI=1S/C19H21N5O2/c1-2-21-19(26)14-5-3-4-13(10-14)11-22-18(25)7-6-17-23-15-8-9-20-12-16(15)24-17/h3-5,8-10,12H,2,6-7,11H2,1H3,(H,21,26)(H,22,25)(H,23,24). The second kappa shape index (κ2) is 8.24. The third-order valence-corrected chi connectivity index (χ3v) is 3.94. The summed E-state index contributed by atoms with van der Waals surface area (Å²) in [6.07, 6.45) is 4.27. The van der Waals surface area contributed by atoms with E-state index in [9.17, 15) is 9.59 Å². The zero-order valence-electron chi connectivity index (χ0n) is 14.6. The highest BCUT2D eigenvalue weighted by Gasteiger charge is 2.08. The number of H-pyrrole nitrogens is 1. The second-order valence-electron chi connectivity index (χ2n) is 5.91. The first-order valence-corrected chi connectivity index (χ1v) is 8.58. The van der Waals surface area contributed by atoms with Gasteiger partial charge in [-0.15, -0.1) is 0 Å². The molecule has 2 aromatic heterocycles. The number of nitrogens with one attached hydrogen (secondary N) is 3. The van der Waals surface area contributed by atoms with Gasteiger partial charge in [-0.05, 0) is 30.7 Å². The SMILES string of the molecule is CCNC(=O)c1cccc(CNC(=O)CCc2nc3ccncc3[nH]2)c1. The minimum atomic E-state index is -0.111. The summed E-state index contributed by atoms with van der Waals surface area (Å²) < 4.78 is 0. The summed E-state index contributed by atoms with van der Waals surface area (Å²) in [5.74, 6) is 0.591. The molecule has 0 radical (unpaired) electrons. The normalized spacial score (nSPS) is 10.7. The van der Waals surface area contributed by atoms with Gasteiger partial charge in [-0.2, -0.15) is 0 Å². The third-order valence-electron chi connectivity index (χ3n) is 3.94. The van der Waals surface area contributed by atoms with E-state index in [-0.39, 0.29) is 11.8 Å². The number of aromatic amines is 1. The van der Waals surface area contributed by atoms with Gasteiger partial charge in [0.1, 0.15) is 5.82 Å². The van der Waals surface area contributed by atoms with Crippen LogP contribution in [0.25, 0.3) is 11.0 Å². The van der Waals surface area contributed by atoms with Gasteiger partial charge in [0.15, 0.2) is 0 Å². The Kier molecular flexibility index (Phi) is 5.58. The summed E-state index contributed by atoms with van der Waals surface area (Å²) in [7, 11) is 0. The topological polar surface area (TPSA) is 99.8 Å². The largest absolute Gasteiger partial charge is 0.352 e. The van der Waals surface area contributed by atoms with Gasteiger partial charge in [0.2, 0.25) is 5.91 Å². The molecule has 26 heavy (non-hydrogen) atoms. The summed E-state index contributed by atoms with van der Waals surface area (Å²) in [4.78, 5) is 35.6. The van der Waals surface area contributed by atoms with Crippen LogP contribution >= 0.6 is 0 Å². The number of fused-ring (bicyclic) bond motifs is 1. The predicted octanol–water partition coefficient (Wildman–Crippen LogP) is 1.96. The molecule has 0 aliphatic rings. The summed E-state index contributed by atoms with van der Waals surface area (Å²) in [5, 5.41) is 5.64. The van der Waals surface area contributed by atoms with Crippen molar-refractivity contribution in [3.63, 3.8) is 0 Å². The van der Waals surface area contributed by atoms with E-state index in [1.165, 1.54) is 0 Å². The van der Waals surface area contributed by atoms with Crippen molar-refractivity contribution in [2.75, 3.05) is 6.54 Å². The van der Waals surface area contributed by atoms with E-state index in [1.807, 2.05) is 25.1 Å². The lowest BCUT2D eigenvalue weighted by atomic mass is 10.1. The number of nitrogens with zero attached hydrogens (tertiary/aromatic N) is 2. The first-order valence-electron chi connectivity index (χ1n) is 8.58. The number of rotatable bonds is 7. The lowest BCUT2D eigenvalue weighted by Crippen LogP contribution is -2.24. The van der Waals surface area contributed by atoms with Gasteiger partial charge in [-0.1, -0.05) is 12.1 Å². The van der Waals surface area contributed by atoms with Crippen LogP contribution in [0.5, 0.6) is 0 Å². The Labute approximate surface area is 151 Å². The Hall–Kier alpha value is -3.22. The van der Waals surface area contributed by atoms with Crippen LogP contribution in [-0.2, 0) is 17.8 Å². The Morgan fingerprint density at radius 3 is 2.88 bits per heavy atom. The molecule has 0 atom stereocenters. The molecule has 0 unspecified atom stereocenters. The quantitative estimate of drug-likeness (QED) is 0.606. The van der Waals surface area contributed by atoms with E-state index < -0.39 is 0 Å². The van der Waals surface area contributed by atoms with Crippen LogP contribution in [0.2, 0.25) is 0 Å². The second-order valence-corrected chi connectivity index (χ2v) is 5.91. The van der Waals surface area contributed by atoms with Gasteiger partial charge in [0.25, 0.3) is 5.91 Å². The molecule has 3 aromatic rings. The molecule has 0 aliphatic heterocycles. The van der Waals surface area contributed by atoms with Crippen molar-refractivity contribution in [3.05, 3.63) is 59.7 Å². The number of hydrogen-bond donors (Lipinski definition) is 3. The van der Waals surface area contributed by atoms with Crippen LogP contribution in [0, 0.1) is 0 Å². The summed E-state index contributed by atoms with van der Waals surface area (Å²) in [5.41, 5.74) is 3.19. The van der Waals surface area contributed by atoms with Gasteiger partial charge >= 0.3 is 0 Å². The fourth-order valence-electron chi connectivity index (χ4n) is 2.63. The number of pyridine rings is 1. The van der Waals surface area contributed by atoms with Crippen molar-refractivity contribution in [3.8, 4) is 0 Å². The zero-order valence-corrected chi connectivity index (χ0v) is 14.6. The number of aromatic nitrogens is 3. The summed E-state index contributed by atoms with van der Waals surface area (Å²) >= 11 is 0. The highest BCUT2D eigenvalue weighted by molar-refractivity contribution is 5.94. The Morgan fingerprint density at radius 2 is 2.08 bits per heavy atom. The number of benzene rings is 1. The maximum absolute atomic E-state index is 12.1. The lowest BCUT2D eigenvalue weighted by molar-refractivity contribution is -0.121. The Morgan fingerprint density at radius 1 is 1.19 bits per heavy atom. The van der Waals surface area contributed by atoms with E-state index in [2.05, 4.69) is 25.6 Å². The molecular formula is C19H21N5O2. The van der Waals surface area contributed by atoms with Crippen LogP contribution in [-0.4, -0.2) is 33.3 Å². The summed E-state index contributed by atoms with van der Waals surface area (Å²) in [6, 6.07) is 9.07. The van der Waals surface area contributed by atoms with Crippen molar-refractivity contribution in [2.24, 2.45) is 0 Å². The van der Waals surface area contributed by atoms with Crippen LogP contribution in [0.1, 0.15) is 35.1 Å². The number of carbonyl (C=O) groups excluding carboxylic acids is 2. The Bertz CT molecular complexity index is 886. The number of imidazole rings is 1. The third kappa shape index (κ3) is 4.44. The van der Waals surface area contributed by atoms with Crippen molar-refractivity contribution in [1.29, 1.82) is 0 Å². The molecule has 134 valence electrons. The molecule has 0 aliphatic carbocycles. The van der Waals surface area contributed by atoms with E-state index >= 15 is 0 Å². The minimum absolute atomic E-state index is 0.0630. The van der Waals surface area contributed by atoms with Crippen molar-refractivity contribution >= 4 is 22.8 Å². The lowest BCUT2D eigenvalue weighted by Gasteiger charge is -2.07. The molecular weight excluding hydrogens is 330 g/mol. The molecule has 7 heteroatoms. The van der Waals surface area contributed by atoms with E-state index in [1.54, 1.807) is 24.5 Å². The molecule has 0 bridgehead atoms. The highest BCUT2D eigenvalue weighted by atomic mass is 16.2. The fraction of sp³-hybridized carbons (Fsp3) is 0.263. The first-order chi connectivity index (χ1) is 12.7. The van der Waals surface area contributed by atoms with Crippen LogP contribution in [0.15, 0.2) is 42.7 Å².